The third kappa shape index (κ3) is 1.70. The van der Waals surface area contributed by atoms with Gasteiger partial charge < -0.3 is 9.84 Å². The summed E-state index contributed by atoms with van der Waals surface area (Å²) in [5, 5.41) is 8.51. The first-order valence-electron chi connectivity index (χ1n) is 3.43. The van der Waals surface area contributed by atoms with Crippen LogP contribution in [0.4, 0.5) is 8.78 Å². The van der Waals surface area contributed by atoms with Crippen molar-refractivity contribution in [2.24, 2.45) is 0 Å². The van der Waals surface area contributed by atoms with E-state index in [1.54, 1.807) is 0 Å². The van der Waals surface area contributed by atoms with Gasteiger partial charge >= 0.3 is 5.97 Å². The summed E-state index contributed by atoms with van der Waals surface area (Å²) in [7, 11) is 1.16. The summed E-state index contributed by atoms with van der Waals surface area (Å²) in [6.45, 7) is 0. The first kappa shape index (κ1) is 10.9. The number of hydrogen-bond acceptors (Lipinski definition) is 2. The number of aromatic carboxylic acids is 1. The number of carbonyl (C=O) groups is 1. The van der Waals surface area contributed by atoms with Crippen LogP contribution in [0.1, 0.15) is 10.4 Å². The predicted molar refractivity (Wildman–Crippen MR) is 47.6 cm³/mol. The molecule has 1 N–H and O–H groups in total. The highest BCUT2D eigenvalue weighted by atomic mass is 79.9. The summed E-state index contributed by atoms with van der Waals surface area (Å²) in [4.78, 5) is 10.5. The molecule has 76 valence electrons. The topological polar surface area (TPSA) is 46.5 Å². The van der Waals surface area contributed by atoms with Crippen molar-refractivity contribution in [2.45, 2.75) is 0 Å². The molecule has 1 aromatic carbocycles. The zero-order chi connectivity index (χ0) is 10.9. The van der Waals surface area contributed by atoms with Gasteiger partial charge in [0.1, 0.15) is 11.4 Å². The van der Waals surface area contributed by atoms with Gasteiger partial charge in [-0.3, -0.25) is 0 Å². The minimum absolute atomic E-state index is 0.0278. The number of methoxy groups -OCH3 is 1. The third-order valence-electron chi connectivity index (χ3n) is 1.55. The highest BCUT2D eigenvalue weighted by Crippen LogP contribution is 2.31. The summed E-state index contributed by atoms with van der Waals surface area (Å²) >= 11 is 2.84. The second-order valence-corrected chi connectivity index (χ2v) is 3.22. The largest absolute Gasteiger partial charge is 0.492 e. The molecule has 3 nitrogen and oxygen atoms in total. The van der Waals surface area contributed by atoms with Crippen molar-refractivity contribution >= 4 is 21.9 Å². The Kier molecular flexibility index (Phi) is 3.05. The molecule has 6 heteroatoms. The molecule has 0 heterocycles. The predicted octanol–water partition coefficient (Wildman–Crippen LogP) is 2.43. The molecule has 0 atom stereocenters. The van der Waals surface area contributed by atoms with Crippen molar-refractivity contribution in [2.75, 3.05) is 7.11 Å². The van der Waals surface area contributed by atoms with Crippen LogP contribution in [0.2, 0.25) is 0 Å². The molecule has 0 unspecified atom stereocenters. The van der Waals surface area contributed by atoms with Crippen LogP contribution >= 0.6 is 15.9 Å². The van der Waals surface area contributed by atoms with Crippen molar-refractivity contribution in [3.63, 3.8) is 0 Å². The number of rotatable bonds is 2. The van der Waals surface area contributed by atoms with E-state index in [1.165, 1.54) is 0 Å². The van der Waals surface area contributed by atoms with Gasteiger partial charge in [-0.25, -0.2) is 13.6 Å². The van der Waals surface area contributed by atoms with Gasteiger partial charge in [0.2, 0.25) is 0 Å². The number of benzene rings is 1. The SMILES string of the molecule is COc1c(Br)cc(F)c(C(=O)O)c1F. The number of hydrogen-bond donors (Lipinski definition) is 1. The van der Waals surface area contributed by atoms with Crippen LogP contribution in [0.5, 0.6) is 5.75 Å². The quantitative estimate of drug-likeness (QED) is 0.895. The Morgan fingerprint density at radius 2 is 2.14 bits per heavy atom. The molecular formula is C8H5BrF2O3. The first-order chi connectivity index (χ1) is 6.49. The molecule has 0 radical (unpaired) electrons. The zero-order valence-electron chi connectivity index (χ0n) is 6.97. The Hall–Kier alpha value is -1.17. The average molecular weight is 267 g/mol. The van der Waals surface area contributed by atoms with Crippen LogP contribution in [0.15, 0.2) is 10.5 Å². The molecule has 0 spiro atoms. The fourth-order valence-electron chi connectivity index (χ4n) is 0.955. The summed E-state index contributed by atoms with van der Waals surface area (Å²) in [6, 6.07) is 0.839. The lowest BCUT2D eigenvalue weighted by molar-refractivity contribution is 0.0685. The molecule has 0 fully saturated rings. The van der Waals surface area contributed by atoms with Gasteiger partial charge in [0.15, 0.2) is 11.6 Å². The Morgan fingerprint density at radius 3 is 2.57 bits per heavy atom. The van der Waals surface area contributed by atoms with E-state index >= 15 is 0 Å². The zero-order valence-corrected chi connectivity index (χ0v) is 8.56. The van der Waals surface area contributed by atoms with Gasteiger partial charge in [0, 0.05) is 0 Å². The van der Waals surface area contributed by atoms with E-state index in [9.17, 15) is 13.6 Å². The Morgan fingerprint density at radius 1 is 1.57 bits per heavy atom. The van der Waals surface area contributed by atoms with Crippen LogP contribution in [0, 0.1) is 11.6 Å². The molecule has 0 aliphatic heterocycles. The lowest BCUT2D eigenvalue weighted by Gasteiger charge is -2.07. The summed E-state index contributed by atoms with van der Waals surface area (Å²) in [5.74, 6) is -4.39. The van der Waals surface area contributed by atoms with Gasteiger partial charge in [-0.15, -0.1) is 0 Å². The summed E-state index contributed by atoms with van der Waals surface area (Å²) in [5.41, 5.74) is -1.02. The van der Waals surface area contributed by atoms with Crippen LogP contribution in [-0.2, 0) is 0 Å². The molecular weight excluding hydrogens is 262 g/mol. The van der Waals surface area contributed by atoms with E-state index in [2.05, 4.69) is 20.7 Å². The van der Waals surface area contributed by atoms with Gasteiger partial charge in [0.05, 0.1) is 11.6 Å². The molecule has 0 saturated carbocycles. The molecule has 0 saturated heterocycles. The highest BCUT2D eigenvalue weighted by molar-refractivity contribution is 9.10. The molecule has 0 aliphatic carbocycles. The second kappa shape index (κ2) is 3.91. The maximum absolute atomic E-state index is 13.3. The van der Waals surface area contributed by atoms with Gasteiger partial charge in [-0.05, 0) is 22.0 Å². The standard InChI is InChI=1S/C8H5BrF2O3/c1-14-7-3(9)2-4(10)5(6(7)11)8(12)13/h2H,1H3,(H,12,13). The molecule has 1 aromatic rings. The highest BCUT2D eigenvalue weighted by Gasteiger charge is 2.22. The number of ether oxygens (including phenoxy) is 1. The van der Waals surface area contributed by atoms with Gasteiger partial charge in [-0.1, -0.05) is 0 Å². The minimum atomic E-state index is -1.68. The van der Waals surface area contributed by atoms with Crippen molar-refractivity contribution in [1.29, 1.82) is 0 Å². The van der Waals surface area contributed by atoms with E-state index in [4.69, 9.17) is 5.11 Å². The van der Waals surface area contributed by atoms with E-state index in [0.29, 0.717) is 0 Å². The Balaban J connectivity index is 3.52. The van der Waals surface area contributed by atoms with Crippen molar-refractivity contribution < 1.29 is 23.4 Å². The van der Waals surface area contributed by atoms with Crippen LogP contribution in [0.3, 0.4) is 0 Å². The molecule has 14 heavy (non-hydrogen) atoms. The minimum Gasteiger partial charge on any atom is -0.492 e. The maximum Gasteiger partial charge on any atom is 0.341 e. The van der Waals surface area contributed by atoms with Gasteiger partial charge in [0.25, 0.3) is 0 Å². The van der Waals surface area contributed by atoms with Crippen LogP contribution in [0.25, 0.3) is 0 Å². The van der Waals surface area contributed by atoms with E-state index < -0.39 is 23.2 Å². The average Bonchev–Trinajstić information content (AvgIpc) is 2.02. The third-order valence-corrected chi connectivity index (χ3v) is 2.14. The van der Waals surface area contributed by atoms with Crippen molar-refractivity contribution in [3.8, 4) is 5.75 Å². The molecule has 1 rings (SSSR count). The van der Waals surface area contributed by atoms with Crippen molar-refractivity contribution in [1.82, 2.24) is 0 Å². The maximum atomic E-state index is 13.3. The Labute approximate surface area is 86.4 Å². The fourth-order valence-corrected chi connectivity index (χ4v) is 1.49. The van der Waals surface area contributed by atoms with E-state index in [1.807, 2.05) is 0 Å². The second-order valence-electron chi connectivity index (χ2n) is 2.37. The molecule has 0 aliphatic rings. The summed E-state index contributed by atoms with van der Waals surface area (Å²) in [6.07, 6.45) is 0. The smallest absolute Gasteiger partial charge is 0.341 e. The molecule has 0 amide bonds. The normalized spacial score (nSPS) is 10.0. The first-order valence-corrected chi connectivity index (χ1v) is 4.23. The van der Waals surface area contributed by atoms with Crippen LogP contribution < -0.4 is 4.74 Å². The van der Waals surface area contributed by atoms with Crippen molar-refractivity contribution in [3.05, 3.63) is 27.7 Å². The van der Waals surface area contributed by atoms with Crippen LogP contribution in [-0.4, -0.2) is 18.2 Å². The molecule has 0 aromatic heterocycles. The Bertz CT molecular complexity index is 393. The number of halogens is 3. The number of carboxylic acid groups (broad SMARTS) is 1. The summed E-state index contributed by atoms with van der Waals surface area (Å²) < 4.78 is 30.8. The fraction of sp³-hybridized carbons (Fsp3) is 0.125. The van der Waals surface area contributed by atoms with E-state index in [-0.39, 0.29) is 10.2 Å². The lowest BCUT2D eigenvalue weighted by atomic mass is 10.2. The van der Waals surface area contributed by atoms with Gasteiger partial charge in [-0.2, -0.15) is 0 Å². The lowest BCUT2D eigenvalue weighted by Crippen LogP contribution is -2.06. The molecule has 0 bridgehead atoms. The van der Waals surface area contributed by atoms with E-state index in [0.717, 1.165) is 13.2 Å². The number of carboxylic acids is 1. The monoisotopic (exact) mass is 266 g/mol.